The summed E-state index contributed by atoms with van der Waals surface area (Å²) in [6, 6.07) is 3.73. The number of nitrogens with zero attached hydrogens (tertiary/aromatic N) is 3. The average Bonchev–Trinajstić information content (AvgIpc) is 2.69. The van der Waals surface area contributed by atoms with Crippen LogP contribution in [-0.2, 0) is 0 Å². The van der Waals surface area contributed by atoms with Gasteiger partial charge in [-0.25, -0.2) is 4.98 Å². The molecule has 0 atom stereocenters. The molecule has 0 fully saturated rings. The lowest BCUT2D eigenvalue weighted by Gasteiger charge is -2.09. The second-order valence-electron chi connectivity index (χ2n) is 2.73. The zero-order chi connectivity index (χ0) is 10.8. The Hall–Kier alpha value is -1.26. The van der Waals surface area contributed by atoms with E-state index in [2.05, 4.69) is 9.97 Å². The smallest absolute Gasteiger partial charge is 0.226 e. The van der Waals surface area contributed by atoms with E-state index >= 15 is 0 Å². The molecule has 2 rings (SSSR count). The van der Waals surface area contributed by atoms with Crippen LogP contribution in [0, 0.1) is 0 Å². The topological polar surface area (TPSA) is 39.9 Å². The molecule has 0 saturated carbocycles. The first kappa shape index (κ1) is 10.3. The molecule has 4 nitrogen and oxygen atoms in total. The molecule has 0 unspecified atom stereocenters. The number of methoxy groups -OCH3 is 1. The van der Waals surface area contributed by atoms with Crippen LogP contribution in [0.5, 0.6) is 5.75 Å². The van der Waals surface area contributed by atoms with Crippen molar-refractivity contribution in [3.63, 3.8) is 0 Å². The van der Waals surface area contributed by atoms with Crippen LogP contribution in [0.4, 0.5) is 0 Å². The summed E-state index contributed by atoms with van der Waals surface area (Å²) in [6.45, 7) is 0. The second-order valence-corrected chi connectivity index (χ2v) is 3.43. The summed E-state index contributed by atoms with van der Waals surface area (Å²) in [5.41, 5.74) is 0. The number of hydrogen-bond donors (Lipinski definition) is 0. The molecule has 2 aromatic rings. The zero-order valence-corrected chi connectivity index (χ0v) is 9.33. The van der Waals surface area contributed by atoms with Crippen LogP contribution in [0.2, 0.25) is 10.4 Å². The minimum atomic E-state index is 0.0875. The van der Waals surface area contributed by atoms with Crippen molar-refractivity contribution in [1.82, 2.24) is 14.5 Å². The molecule has 78 valence electrons. The predicted octanol–water partition coefficient (Wildman–Crippen LogP) is 2.58. The maximum Gasteiger partial charge on any atom is 0.226 e. The summed E-state index contributed by atoms with van der Waals surface area (Å²) in [6.07, 6.45) is 3.63. The maximum absolute atomic E-state index is 5.88. The van der Waals surface area contributed by atoms with E-state index in [9.17, 15) is 0 Å². The van der Waals surface area contributed by atoms with Gasteiger partial charge in [0.05, 0.1) is 7.11 Å². The van der Waals surface area contributed by atoms with Crippen LogP contribution in [0.3, 0.4) is 0 Å². The van der Waals surface area contributed by atoms with Crippen LogP contribution in [0.1, 0.15) is 0 Å². The lowest BCUT2D eigenvalue weighted by molar-refractivity contribution is 0.408. The van der Waals surface area contributed by atoms with E-state index in [4.69, 9.17) is 27.9 Å². The summed E-state index contributed by atoms with van der Waals surface area (Å²) < 4.78 is 6.87. The monoisotopic (exact) mass is 243 g/mol. The van der Waals surface area contributed by atoms with Gasteiger partial charge in [0, 0.05) is 12.4 Å². The van der Waals surface area contributed by atoms with Gasteiger partial charge < -0.3 is 9.30 Å². The van der Waals surface area contributed by atoms with Crippen molar-refractivity contribution in [3.8, 4) is 11.6 Å². The molecular formula is C9H7Cl2N3O. The molecule has 6 heteroatoms. The normalized spacial score (nSPS) is 10.3. The number of hydrogen-bond acceptors (Lipinski definition) is 3. The van der Waals surface area contributed by atoms with E-state index in [-0.39, 0.29) is 10.4 Å². The van der Waals surface area contributed by atoms with Crippen molar-refractivity contribution >= 4 is 23.2 Å². The fourth-order valence-electron chi connectivity index (χ4n) is 1.21. The largest absolute Gasteiger partial charge is 0.490 e. The molecule has 0 saturated heterocycles. The molecule has 2 aromatic heterocycles. The summed E-state index contributed by atoms with van der Waals surface area (Å²) in [7, 11) is 1.51. The Balaban J connectivity index is 2.64. The van der Waals surface area contributed by atoms with Crippen molar-refractivity contribution in [2.24, 2.45) is 0 Å². The molecule has 0 spiro atoms. The van der Waals surface area contributed by atoms with Gasteiger partial charge >= 0.3 is 0 Å². The standard InChI is InChI=1S/C9H7Cl2N3O/c1-15-6-7(10)12-9(11)13-8(6)14-4-2-3-5-14/h2-5H,1H3. The first-order valence-electron chi connectivity index (χ1n) is 4.12. The number of halogens is 2. The minimum Gasteiger partial charge on any atom is -0.490 e. The lowest BCUT2D eigenvalue weighted by atomic mass is 10.5. The number of aromatic nitrogens is 3. The van der Waals surface area contributed by atoms with E-state index in [0.29, 0.717) is 11.6 Å². The summed E-state index contributed by atoms with van der Waals surface area (Å²) >= 11 is 11.6. The van der Waals surface area contributed by atoms with Gasteiger partial charge in [0.2, 0.25) is 5.28 Å². The fourth-order valence-corrected chi connectivity index (χ4v) is 1.66. The van der Waals surface area contributed by atoms with E-state index in [1.54, 1.807) is 4.57 Å². The van der Waals surface area contributed by atoms with Crippen LogP contribution < -0.4 is 4.74 Å². The Labute approximate surface area is 96.4 Å². The van der Waals surface area contributed by atoms with Crippen molar-refractivity contribution in [2.45, 2.75) is 0 Å². The second kappa shape index (κ2) is 4.08. The molecule has 0 aliphatic carbocycles. The Kier molecular flexibility index (Phi) is 2.79. The Morgan fingerprint density at radius 3 is 2.47 bits per heavy atom. The van der Waals surface area contributed by atoms with E-state index < -0.39 is 0 Å². The Bertz CT molecular complexity index is 470. The van der Waals surface area contributed by atoms with Gasteiger partial charge in [0.1, 0.15) is 0 Å². The average molecular weight is 244 g/mol. The molecule has 15 heavy (non-hydrogen) atoms. The molecule has 0 aromatic carbocycles. The molecule has 0 aliphatic rings. The van der Waals surface area contributed by atoms with E-state index in [1.165, 1.54) is 7.11 Å². The molecule has 0 radical (unpaired) electrons. The highest BCUT2D eigenvalue weighted by Gasteiger charge is 2.13. The van der Waals surface area contributed by atoms with Crippen LogP contribution in [0.25, 0.3) is 5.82 Å². The summed E-state index contributed by atoms with van der Waals surface area (Å²) in [5, 5.41) is 0.283. The molecule has 0 bridgehead atoms. The third-order valence-corrected chi connectivity index (χ3v) is 2.26. The third-order valence-electron chi connectivity index (χ3n) is 1.83. The van der Waals surface area contributed by atoms with E-state index in [1.807, 2.05) is 24.5 Å². The lowest BCUT2D eigenvalue weighted by Crippen LogP contribution is -2.01. The maximum atomic E-state index is 5.88. The minimum absolute atomic E-state index is 0.0875. The first-order chi connectivity index (χ1) is 7.22. The van der Waals surface area contributed by atoms with Crippen LogP contribution >= 0.6 is 23.2 Å². The highest BCUT2D eigenvalue weighted by Crippen LogP contribution is 2.29. The van der Waals surface area contributed by atoms with Gasteiger partial charge in [-0.3, -0.25) is 0 Å². The van der Waals surface area contributed by atoms with Crippen molar-refractivity contribution in [1.29, 1.82) is 0 Å². The SMILES string of the molecule is COc1c(Cl)nc(Cl)nc1-n1cccc1. The first-order valence-corrected chi connectivity index (χ1v) is 4.88. The van der Waals surface area contributed by atoms with Crippen molar-refractivity contribution < 1.29 is 4.74 Å². The molecular weight excluding hydrogens is 237 g/mol. The van der Waals surface area contributed by atoms with Gasteiger partial charge in [-0.1, -0.05) is 11.6 Å². The molecule has 0 N–H and O–H groups in total. The van der Waals surface area contributed by atoms with Gasteiger partial charge in [0.25, 0.3) is 0 Å². The molecule has 0 amide bonds. The van der Waals surface area contributed by atoms with Crippen molar-refractivity contribution in [3.05, 3.63) is 35.0 Å². The van der Waals surface area contributed by atoms with Crippen molar-refractivity contribution in [2.75, 3.05) is 7.11 Å². The predicted molar refractivity (Wildman–Crippen MR) is 57.9 cm³/mol. The van der Waals surface area contributed by atoms with E-state index in [0.717, 1.165) is 0 Å². The van der Waals surface area contributed by atoms with Gasteiger partial charge in [-0.05, 0) is 23.7 Å². The number of rotatable bonds is 2. The highest BCUT2D eigenvalue weighted by molar-refractivity contribution is 6.33. The number of ether oxygens (including phenoxy) is 1. The highest BCUT2D eigenvalue weighted by atomic mass is 35.5. The fraction of sp³-hybridized carbons (Fsp3) is 0.111. The van der Waals surface area contributed by atoms with Crippen LogP contribution in [0.15, 0.2) is 24.5 Å². The van der Waals surface area contributed by atoms with Gasteiger partial charge in [-0.15, -0.1) is 0 Å². The Morgan fingerprint density at radius 1 is 1.20 bits per heavy atom. The summed E-state index contributed by atoms with van der Waals surface area (Å²) in [4.78, 5) is 7.85. The summed E-state index contributed by atoms with van der Waals surface area (Å²) in [5.74, 6) is 0.921. The molecule has 0 aliphatic heterocycles. The third kappa shape index (κ3) is 1.91. The van der Waals surface area contributed by atoms with Gasteiger partial charge in [0.15, 0.2) is 16.7 Å². The van der Waals surface area contributed by atoms with Crippen LogP contribution in [-0.4, -0.2) is 21.6 Å². The Morgan fingerprint density at radius 2 is 1.87 bits per heavy atom. The quantitative estimate of drug-likeness (QED) is 0.602. The zero-order valence-electron chi connectivity index (χ0n) is 7.82. The van der Waals surface area contributed by atoms with Gasteiger partial charge in [-0.2, -0.15) is 4.98 Å². The molecule has 2 heterocycles.